The molecular weight excluding hydrogens is 630 g/mol. The van der Waals surface area contributed by atoms with E-state index in [2.05, 4.69) is 0 Å². The van der Waals surface area contributed by atoms with Crippen molar-refractivity contribution in [1.82, 2.24) is 4.90 Å². The van der Waals surface area contributed by atoms with Gasteiger partial charge in [-0.15, -0.1) is 0 Å². The Labute approximate surface area is 269 Å². The summed E-state index contributed by atoms with van der Waals surface area (Å²) in [6, 6.07) is 21.5. The van der Waals surface area contributed by atoms with Crippen LogP contribution in [0.25, 0.3) is 0 Å². The van der Waals surface area contributed by atoms with Gasteiger partial charge in [-0.25, -0.2) is 12.8 Å². The van der Waals surface area contributed by atoms with Crippen LogP contribution < -0.4 is 4.31 Å². The molecule has 0 saturated carbocycles. The van der Waals surface area contributed by atoms with Crippen molar-refractivity contribution < 1.29 is 32.2 Å². The molecule has 0 aliphatic carbocycles. The van der Waals surface area contributed by atoms with E-state index >= 15 is 0 Å². The molecule has 1 fully saturated rings. The lowest BCUT2D eigenvalue weighted by molar-refractivity contribution is -0.153. The van der Waals surface area contributed by atoms with Crippen LogP contribution >= 0.6 is 23.2 Å². The van der Waals surface area contributed by atoms with Gasteiger partial charge in [0.2, 0.25) is 15.9 Å². The normalized spacial score (nSPS) is 15.5. The molecule has 8 nitrogen and oxygen atoms in total. The average Bonchev–Trinajstić information content (AvgIpc) is 2.95. The zero-order chi connectivity index (χ0) is 33.0. The number of halogens is 3. The topological polar surface area (TPSA) is 104 Å². The molecule has 1 saturated heterocycles. The number of sulfonamides is 1. The summed E-state index contributed by atoms with van der Waals surface area (Å²) in [6.07, 6.45) is 0. The van der Waals surface area contributed by atoms with E-state index in [4.69, 9.17) is 37.8 Å². The number of carbonyl (C=O) groups is 2. The van der Waals surface area contributed by atoms with Gasteiger partial charge in [0.15, 0.2) is 0 Å². The minimum absolute atomic E-state index is 0.0272. The second-order valence-electron chi connectivity index (χ2n) is 10.6. The molecule has 0 spiro atoms. The Kier molecular flexibility index (Phi) is 14.6. The molecule has 3 aromatic carbocycles. The number of benzene rings is 3. The summed E-state index contributed by atoms with van der Waals surface area (Å²) in [5.74, 6) is -1.82. The third kappa shape index (κ3) is 10.8. The van der Waals surface area contributed by atoms with Crippen LogP contribution in [0, 0.1) is 11.7 Å². The molecule has 1 aliphatic rings. The molecule has 4 rings (SSSR count). The van der Waals surface area contributed by atoms with E-state index in [-0.39, 0.29) is 37.3 Å². The largest absolute Gasteiger partial charge is 0.481 e. The first-order valence-electron chi connectivity index (χ1n) is 14.0. The minimum Gasteiger partial charge on any atom is -0.481 e. The summed E-state index contributed by atoms with van der Waals surface area (Å²) in [7, 11) is -3.88. The van der Waals surface area contributed by atoms with E-state index in [1.165, 1.54) is 18.2 Å². The molecule has 44 heavy (non-hydrogen) atoms. The number of para-hydroxylation sites is 1. The fourth-order valence-electron chi connectivity index (χ4n) is 4.40. The van der Waals surface area contributed by atoms with E-state index in [1.54, 1.807) is 36.9 Å². The van der Waals surface area contributed by atoms with Gasteiger partial charge in [-0.05, 0) is 61.7 Å². The molecular formula is C32H39Cl2FN2O6S. The monoisotopic (exact) mass is 668 g/mol. The Hall–Kier alpha value is -3.18. The summed E-state index contributed by atoms with van der Waals surface area (Å²) in [4.78, 5) is 23.8. The number of anilines is 1. The van der Waals surface area contributed by atoms with Gasteiger partial charge in [0.25, 0.3) is 5.97 Å². The lowest BCUT2D eigenvalue weighted by atomic mass is 9.96. The SMILES string of the molecule is CC(=O)O.CC(C)C(CN(c1ccccc1F)S(=O)(=O)C(C)C)N1C(=O)COC[C@H]1c1ccc(Cl)cc1.Clc1ccccc1. The van der Waals surface area contributed by atoms with Crippen molar-refractivity contribution in [2.75, 3.05) is 24.1 Å². The molecule has 0 radical (unpaired) electrons. The summed E-state index contributed by atoms with van der Waals surface area (Å²) in [5.41, 5.74) is 0.808. The average molecular weight is 670 g/mol. The molecule has 1 unspecified atom stereocenters. The molecule has 0 bridgehead atoms. The third-order valence-electron chi connectivity index (χ3n) is 6.62. The van der Waals surface area contributed by atoms with Crippen LogP contribution in [0.1, 0.15) is 46.2 Å². The molecule has 2 atom stereocenters. The van der Waals surface area contributed by atoms with Crippen LogP contribution in [0.5, 0.6) is 0 Å². The van der Waals surface area contributed by atoms with Crippen LogP contribution in [0.3, 0.4) is 0 Å². The summed E-state index contributed by atoms with van der Waals surface area (Å²) in [6.45, 7) is 8.15. The first-order valence-corrected chi connectivity index (χ1v) is 16.2. The van der Waals surface area contributed by atoms with E-state index in [0.29, 0.717) is 5.02 Å². The Bertz CT molecular complexity index is 1450. The van der Waals surface area contributed by atoms with Gasteiger partial charge in [0, 0.05) is 17.0 Å². The summed E-state index contributed by atoms with van der Waals surface area (Å²) >= 11 is 11.6. The van der Waals surface area contributed by atoms with Gasteiger partial charge < -0.3 is 14.7 Å². The fourth-order valence-corrected chi connectivity index (χ4v) is 5.96. The molecule has 1 heterocycles. The maximum Gasteiger partial charge on any atom is 0.300 e. The second-order valence-corrected chi connectivity index (χ2v) is 13.9. The number of aliphatic carboxylic acids is 1. The van der Waals surface area contributed by atoms with E-state index in [9.17, 15) is 17.6 Å². The van der Waals surface area contributed by atoms with E-state index in [1.807, 2.05) is 56.3 Å². The van der Waals surface area contributed by atoms with Crippen molar-refractivity contribution in [1.29, 1.82) is 0 Å². The number of morpholine rings is 1. The van der Waals surface area contributed by atoms with E-state index < -0.39 is 39.1 Å². The summed E-state index contributed by atoms with van der Waals surface area (Å²) in [5, 5.41) is 8.02. The molecule has 1 aliphatic heterocycles. The molecule has 3 aromatic rings. The van der Waals surface area contributed by atoms with Crippen LogP contribution in [-0.2, 0) is 24.3 Å². The molecule has 1 N–H and O–H groups in total. The Morgan fingerprint density at radius 3 is 1.98 bits per heavy atom. The predicted molar refractivity (Wildman–Crippen MR) is 173 cm³/mol. The minimum atomic E-state index is -3.88. The molecule has 0 aromatic heterocycles. The second kappa shape index (κ2) is 17.3. The summed E-state index contributed by atoms with van der Waals surface area (Å²) < 4.78 is 48.0. The van der Waals surface area contributed by atoms with Crippen molar-refractivity contribution in [2.45, 2.75) is 52.0 Å². The van der Waals surface area contributed by atoms with Crippen LogP contribution in [0.15, 0.2) is 78.9 Å². The maximum absolute atomic E-state index is 14.8. The molecule has 1 amide bonds. The number of carboxylic acid groups (broad SMARTS) is 1. The number of hydrogen-bond donors (Lipinski definition) is 1. The van der Waals surface area contributed by atoms with Gasteiger partial charge in [-0.1, -0.05) is 79.5 Å². The van der Waals surface area contributed by atoms with Gasteiger partial charge in [-0.2, -0.15) is 0 Å². The quantitative estimate of drug-likeness (QED) is 0.275. The fraction of sp³-hybridized carbons (Fsp3) is 0.375. The predicted octanol–water partition coefficient (Wildman–Crippen LogP) is 7.08. The lowest BCUT2D eigenvalue weighted by Gasteiger charge is -2.44. The number of hydrogen-bond acceptors (Lipinski definition) is 5. The smallest absolute Gasteiger partial charge is 0.300 e. The lowest BCUT2D eigenvalue weighted by Crippen LogP contribution is -2.56. The number of amides is 1. The van der Waals surface area contributed by atoms with Crippen LogP contribution in [-0.4, -0.2) is 61.4 Å². The highest BCUT2D eigenvalue weighted by molar-refractivity contribution is 7.93. The van der Waals surface area contributed by atoms with Crippen LogP contribution in [0.2, 0.25) is 10.0 Å². The van der Waals surface area contributed by atoms with Crippen molar-refractivity contribution in [3.63, 3.8) is 0 Å². The standard InChI is InChI=1S/C24H30ClFN2O4S.C6H5Cl.C2H4O2/c1-16(2)22(13-27(33(30,31)17(3)4)21-8-6-5-7-20(21)26)28-23(14-32-15-24(28)29)18-9-11-19(25)12-10-18;7-6-4-2-1-3-5-6;1-2(3)4/h5-12,16-17,22-23H,13-15H2,1-4H3;1-5H;1H3,(H,3,4)/t22?,23-;;/m0../s1. The number of carboxylic acids is 1. The Morgan fingerprint density at radius 2 is 1.50 bits per heavy atom. The maximum atomic E-state index is 14.8. The first kappa shape index (κ1) is 37.0. The zero-order valence-corrected chi connectivity index (χ0v) is 27.7. The highest BCUT2D eigenvalue weighted by Crippen LogP contribution is 2.33. The zero-order valence-electron chi connectivity index (χ0n) is 25.4. The highest BCUT2D eigenvalue weighted by atomic mass is 35.5. The van der Waals surface area contributed by atoms with Gasteiger partial charge in [0.1, 0.15) is 12.4 Å². The Balaban J connectivity index is 0.000000517. The van der Waals surface area contributed by atoms with Gasteiger partial charge >= 0.3 is 0 Å². The number of ether oxygens (including phenoxy) is 1. The molecule has 12 heteroatoms. The highest BCUT2D eigenvalue weighted by Gasteiger charge is 2.40. The van der Waals surface area contributed by atoms with Crippen molar-refractivity contribution in [3.8, 4) is 0 Å². The number of rotatable bonds is 8. The van der Waals surface area contributed by atoms with Crippen molar-refractivity contribution in [2.24, 2.45) is 5.92 Å². The first-order chi connectivity index (χ1) is 20.7. The van der Waals surface area contributed by atoms with Gasteiger partial charge in [0.05, 0.1) is 36.2 Å². The van der Waals surface area contributed by atoms with Crippen molar-refractivity contribution in [3.05, 3.63) is 100 Å². The Morgan fingerprint density at radius 1 is 0.977 bits per heavy atom. The van der Waals surface area contributed by atoms with Crippen LogP contribution in [0.4, 0.5) is 10.1 Å². The van der Waals surface area contributed by atoms with Crippen molar-refractivity contribution >= 4 is 50.8 Å². The number of carbonyl (C=O) groups excluding carboxylic acids is 1. The third-order valence-corrected chi connectivity index (χ3v) is 9.27. The molecule has 240 valence electrons. The van der Waals surface area contributed by atoms with E-state index in [0.717, 1.165) is 21.8 Å². The van der Waals surface area contributed by atoms with Gasteiger partial charge in [-0.3, -0.25) is 13.9 Å². The number of nitrogens with zero attached hydrogens (tertiary/aromatic N) is 2.